The summed E-state index contributed by atoms with van der Waals surface area (Å²) in [5.74, 6) is -0.934. The molecule has 0 heterocycles. The van der Waals surface area contributed by atoms with Crippen LogP contribution in [0.25, 0.3) is 0 Å². The highest BCUT2D eigenvalue weighted by Gasteiger charge is 2.31. The molecule has 2 aromatic rings. The smallest absolute Gasteiger partial charge is 0.381 e. The van der Waals surface area contributed by atoms with Crippen molar-refractivity contribution in [3.8, 4) is 0 Å². The number of halogens is 6. The Kier molecular flexibility index (Phi) is 4.64. The van der Waals surface area contributed by atoms with E-state index in [1.165, 1.54) is 6.07 Å². The predicted molar refractivity (Wildman–Crippen MR) is 75.2 cm³/mol. The first-order chi connectivity index (χ1) is 9.75. The molecular formula is C14H9Cl2F4N. The van der Waals surface area contributed by atoms with E-state index in [0.29, 0.717) is 21.8 Å². The zero-order valence-corrected chi connectivity index (χ0v) is 12.0. The Morgan fingerprint density at radius 2 is 1.67 bits per heavy atom. The van der Waals surface area contributed by atoms with Crippen LogP contribution in [0, 0.1) is 5.82 Å². The number of anilines is 1. The molecular weight excluding hydrogens is 329 g/mol. The Balaban J connectivity index is 2.16. The van der Waals surface area contributed by atoms with E-state index >= 15 is 0 Å². The van der Waals surface area contributed by atoms with E-state index in [0.717, 1.165) is 12.1 Å². The van der Waals surface area contributed by atoms with Gasteiger partial charge in [-0.15, -0.1) is 0 Å². The maximum absolute atomic E-state index is 13.2. The molecule has 0 spiro atoms. The normalized spacial score (nSPS) is 11.5. The molecule has 0 aliphatic heterocycles. The van der Waals surface area contributed by atoms with Crippen LogP contribution in [0.1, 0.15) is 11.1 Å². The van der Waals surface area contributed by atoms with Crippen LogP contribution in [-0.2, 0) is 12.7 Å². The molecule has 1 nitrogen and oxygen atoms in total. The Morgan fingerprint density at radius 1 is 0.952 bits per heavy atom. The lowest BCUT2D eigenvalue weighted by molar-refractivity contribution is -0.137. The molecule has 0 fully saturated rings. The molecule has 1 N–H and O–H groups in total. The van der Waals surface area contributed by atoms with Gasteiger partial charge in [0, 0.05) is 12.2 Å². The quantitative estimate of drug-likeness (QED) is 0.701. The van der Waals surface area contributed by atoms with Crippen molar-refractivity contribution in [1.29, 1.82) is 0 Å². The average molecular weight is 338 g/mol. The summed E-state index contributed by atoms with van der Waals surface area (Å²) in [7, 11) is 0. The third-order valence-electron chi connectivity index (χ3n) is 2.70. The first-order valence-electron chi connectivity index (χ1n) is 5.81. The standard InChI is InChI=1S/C14H9Cl2F4N/c15-12-2-1-11(6-13(12)16)21-7-8-3-9(14(18,19)20)5-10(17)4-8/h1-6,21H,7H2. The Labute approximate surface area is 128 Å². The Morgan fingerprint density at radius 3 is 2.29 bits per heavy atom. The lowest BCUT2D eigenvalue weighted by atomic mass is 10.1. The average Bonchev–Trinajstić information content (AvgIpc) is 2.38. The molecule has 0 aromatic heterocycles. The van der Waals surface area contributed by atoms with Crippen LogP contribution in [0.4, 0.5) is 23.2 Å². The summed E-state index contributed by atoms with van der Waals surface area (Å²) in [5.41, 5.74) is -0.274. The second-order valence-electron chi connectivity index (χ2n) is 4.33. The molecule has 0 aliphatic rings. The minimum Gasteiger partial charge on any atom is -0.381 e. The summed E-state index contributed by atoms with van der Waals surface area (Å²) in [6.45, 7) is 0.0266. The van der Waals surface area contributed by atoms with Crippen molar-refractivity contribution in [1.82, 2.24) is 0 Å². The summed E-state index contributed by atoms with van der Waals surface area (Å²) in [5, 5.41) is 3.54. The van der Waals surface area contributed by atoms with Crippen LogP contribution in [-0.4, -0.2) is 0 Å². The van der Waals surface area contributed by atoms with Gasteiger partial charge in [-0.05, 0) is 42.0 Å². The second kappa shape index (κ2) is 6.12. The molecule has 0 saturated carbocycles. The number of benzene rings is 2. The summed E-state index contributed by atoms with van der Waals surface area (Å²) in [6.07, 6.45) is -4.58. The van der Waals surface area contributed by atoms with Crippen LogP contribution in [0.15, 0.2) is 36.4 Å². The lowest BCUT2D eigenvalue weighted by Crippen LogP contribution is -2.08. The fraction of sp³-hybridized carbons (Fsp3) is 0.143. The van der Waals surface area contributed by atoms with Crippen LogP contribution < -0.4 is 5.32 Å². The summed E-state index contributed by atoms with van der Waals surface area (Å²) in [6, 6.07) is 7.11. The maximum Gasteiger partial charge on any atom is 0.416 e. The van der Waals surface area contributed by atoms with Gasteiger partial charge in [-0.25, -0.2) is 4.39 Å². The first-order valence-corrected chi connectivity index (χ1v) is 6.57. The molecule has 0 radical (unpaired) electrons. The van der Waals surface area contributed by atoms with Crippen molar-refractivity contribution >= 4 is 28.9 Å². The summed E-state index contributed by atoms with van der Waals surface area (Å²) in [4.78, 5) is 0. The van der Waals surface area contributed by atoms with Gasteiger partial charge in [0.25, 0.3) is 0 Å². The third-order valence-corrected chi connectivity index (χ3v) is 3.44. The minimum absolute atomic E-state index is 0.0266. The van der Waals surface area contributed by atoms with Crippen molar-refractivity contribution in [2.45, 2.75) is 12.7 Å². The van der Waals surface area contributed by atoms with E-state index in [1.807, 2.05) is 0 Å². The molecule has 2 aromatic carbocycles. The number of alkyl halides is 3. The topological polar surface area (TPSA) is 12.0 Å². The molecule has 0 saturated heterocycles. The third kappa shape index (κ3) is 4.25. The minimum atomic E-state index is -4.58. The number of hydrogen-bond donors (Lipinski definition) is 1. The lowest BCUT2D eigenvalue weighted by Gasteiger charge is -2.11. The van der Waals surface area contributed by atoms with Gasteiger partial charge >= 0.3 is 6.18 Å². The Bertz CT molecular complexity index is 656. The second-order valence-corrected chi connectivity index (χ2v) is 5.14. The van der Waals surface area contributed by atoms with Gasteiger partial charge in [-0.1, -0.05) is 23.2 Å². The van der Waals surface area contributed by atoms with Crippen molar-refractivity contribution < 1.29 is 17.6 Å². The van der Waals surface area contributed by atoms with E-state index in [1.54, 1.807) is 12.1 Å². The molecule has 2 rings (SSSR count). The van der Waals surface area contributed by atoms with Crippen LogP contribution >= 0.6 is 23.2 Å². The molecule has 7 heteroatoms. The van der Waals surface area contributed by atoms with Crippen LogP contribution in [0.2, 0.25) is 10.0 Å². The van der Waals surface area contributed by atoms with Crippen molar-refractivity contribution in [3.05, 3.63) is 63.4 Å². The molecule has 0 amide bonds. The zero-order valence-electron chi connectivity index (χ0n) is 10.4. The maximum atomic E-state index is 13.2. The number of rotatable bonds is 3. The molecule has 0 unspecified atom stereocenters. The monoisotopic (exact) mass is 337 g/mol. The number of nitrogens with one attached hydrogen (secondary N) is 1. The molecule has 0 aliphatic carbocycles. The molecule has 0 bridgehead atoms. The first kappa shape index (κ1) is 15.9. The van der Waals surface area contributed by atoms with Crippen LogP contribution in [0.5, 0.6) is 0 Å². The van der Waals surface area contributed by atoms with E-state index < -0.39 is 17.6 Å². The van der Waals surface area contributed by atoms with Gasteiger partial charge in [0.1, 0.15) is 5.82 Å². The summed E-state index contributed by atoms with van der Waals surface area (Å²) >= 11 is 11.6. The highest BCUT2D eigenvalue weighted by Crippen LogP contribution is 2.31. The fourth-order valence-electron chi connectivity index (χ4n) is 1.73. The SMILES string of the molecule is Fc1cc(CNc2ccc(Cl)c(Cl)c2)cc(C(F)(F)F)c1. The van der Waals surface area contributed by atoms with E-state index in [4.69, 9.17) is 23.2 Å². The van der Waals surface area contributed by atoms with E-state index in [2.05, 4.69) is 5.32 Å². The van der Waals surface area contributed by atoms with Gasteiger partial charge in [-0.2, -0.15) is 13.2 Å². The highest BCUT2D eigenvalue weighted by molar-refractivity contribution is 6.42. The summed E-state index contributed by atoms with van der Waals surface area (Å²) < 4.78 is 51.0. The van der Waals surface area contributed by atoms with Gasteiger partial charge < -0.3 is 5.32 Å². The molecule has 21 heavy (non-hydrogen) atoms. The van der Waals surface area contributed by atoms with E-state index in [-0.39, 0.29) is 12.1 Å². The van der Waals surface area contributed by atoms with Gasteiger partial charge in [0.15, 0.2) is 0 Å². The van der Waals surface area contributed by atoms with Gasteiger partial charge in [0.05, 0.1) is 15.6 Å². The number of hydrogen-bond acceptors (Lipinski definition) is 1. The molecule has 0 atom stereocenters. The highest BCUT2D eigenvalue weighted by atomic mass is 35.5. The predicted octanol–water partition coefficient (Wildman–Crippen LogP) is 5.76. The fourth-order valence-corrected chi connectivity index (χ4v) is 2.02. The largest absolute Gasteiger partial charge is 0.416 e. The van der Waals surface area contributed by atoms with Crippen molar-refractivity contribution in [3.63, 3.8) is 0 Å². The van der Waals surface area contributed by atoms with Crippen LogP contribution in [0.3, 0.4) is 0 Å². The van der Waals surface area contributed by atoms with Crippen molar-refractivity contribution in [2.24, 2.45) is 0 Å². The van der Waals surface area contributed by atoms with Gasteiger partial charge in [0.2, 0.25) is 0 Å². The molecule has 112 valence electrons. The van der Waals surface area contributed by atoms with E-state index in [9.17, 15) is 17.6 Å². The Hall–Kier alpha value is -1.46. The van der Waals surface area contributed by atoms with Crippen molar-refractivity contribution in [2.75, 3.05) is 5.32 Å². The van der Waals surface area contributed by atoms with Gasteiger partial charge in [-0.3, -0.25) is 0 Å². The zero-order chi connectivity index (χ0) is 15.6.